The van der Waals surface area contributed by atoms with E-state index < -0.39 is 5.60 Å². The van der Waals surface area contributed by atoms with Gasteiger partial charge >= 0.3 is 0 Å². The van der Waals surface area contributed by atoms with Crippen LogP contribution in [-0.4, -0.2) is 10.7 Å². The lowest BCUT2D eigenvalue weighted by Crippen LogP contribution is -2.19. The van der Waals surface area contributed by atoms with Crippen LogP contribution < -0.4 is 0 Å². The van der Waals surface area contributed by atoms with E-state index >= 15 is 0 Å². The first-order valence-electron chi connectivity index (χ1n) is 4.65. The fourth-order valence-corrected chi connectivity index (χ4v) is 0.992. The van der Waals surface area contributed by atoms with Crippen molar-refractivity contribution in [1.29, 1.82) is 0 Å². The van der Waals surface area contributed by atoms with Crippen molar-refractivity contribution in [2.24, 2.45) is 0 Å². The lowest BCUT2D eigenvalue weighted by atomic mass is 9.99. The molecule has 0 saturated carbocycles. The average Bonchev–Trinajstić information content (AvgIpc) is 2.01. The Hall–Kier alpha value is -0.560. The third-order valence-corrected chi connectivity index (χ3v) is 1.80. The zero-order valence-electron chi connectivity index (χ0n) is 8.38. The Morgan fingerprint density at radius 1 is 1.33 bits per heavy atom. The topological polar surface area (TPSA) is 20.2 Å². The first-order chi connectivity index (χ1) is 5.62. The monoisotopic (exact) mass is 168 g/mol. The zero-order valence-corrected chi connectivity index (χ0v) is 8.38. The normalized spacial score (nSPS) is 17.3. The molecular weight excluding hydrogens is 148 g/mol. The molecule has 0 fully saturated rings. The molecule has 1 heteroatoms. The van der Waals surface area contributed by atoms with E-state index in [2.05, 4.69) is 6.92 Å². The van der Waals surface area contributed by atoms with Crippen LogP contribution in [0.5, 0.6) is 0 Å². The Kier molecular flexibility index (Phi) is 5.73. The van der Waals surface area contributed by atoms with Crippen LogP contribution in [0.1, 0.15) is 40.0 Å². The number of aliphatic hydroxyl groups is 1. The summed E-state index contributed by atoms with van der Waals surface area (Å²) >= 11 is 0. The van der Waals surface area contributed by atoms with E-state index in [4.69, 9.17) is 0 Å². The molecule has 0 spiro atoms. The zero-order chi connectivity index (χ0) is 9.45. The molecule has 0 aliphatic rings. The predicted molar refractivity (Wildman–Crippen MR) is 54.1 cm³/mol. The number of unbranched alkanes of at least 4 members (excludes halogenated alkanes) is 1. The van der Waals surface area contributed by atoms with Crippen LogP contribution in [-0.2, 0) is 0 Å². The van der Waals surface area contributed by atoms with Crippen molar-refractivity contribution in [3.05, 3.63) is 24.3 Å². The van der Waals surface area contributed by atoms with Gasteiger partial charge in [-0.05, 0) is 20.3 Å². The number of allylic oxidation sites excluding steroid dienone is 3. The summed E-state index contributed by atoms with van der Waals surface area (Å²) in [6.45, 7) is 5.94. The molecule has 1 unspecified atom stereocenters. The second kappa shape index (κ2) is 6.01. The summed E-state index contributed by atoms with van der Waals surface area (Å²) < 4.78 is 0. The van der Waals surface area contributed by atoms with Crippen molar-refractivity contribution >= 4 is 0 Å². The third-order valence-electron chi connectivity index (χ3n) is 1.80. The first kappa shape index (κ1) is 11.4. The fourth-order valence-electron chi connectivity index (χ4n) is 0.992. The van der Waals surface area contributed by atoms with Crippen LogP contribution in [0.2, 0.25) is 0 Å². The molecular formula is C11H20O. The van der Waals surface area contributed by atoms with Crippen molar-refractivity contribution in [3.63, 3.8) is 0 Å². The molecule has 12 heavy (non-hydrogen) atoms. The molecule has 1 atom stereocenters. The number of hydrogen-bond acceptors (Lipinski definition) is 1. The Balaban J connectivity index is 3.85. The highest BCUT2D eigenvalue weighted by Crippen LogP contribution is 2.14. The van der Waals surface area contributed by atoms with Gasteiger partial charge in [0.05, 0.1) is 5.60 Å². The molecule has 0 aromatic rings. The summed E-state index contributed by atoms with van der Waals surface area (Å²) in [5.74, 6) is 0. The molecule has 1 N–H and O–H groups in total. The van der Waals surface area contributed by atoms with Gasteiger partial charge in [-0.25, -0.2) is 0 Å². The Labute approximate surface area is 75.8 Å². The van der Waals surface area contributed by atoms with Gasteiger partial charge in [0.1, 0.15) is 0 Å². The van der Waals surface area contributed by atoms with E-state index in [1.165, 1.54) is 0 Å². The average molecular weight is 168 g/mol. The Morgan fingerprint density at radius 3 is 2.50 bits per heavy atom. The molecule has 0 saturated heterocycles. The van der Waals surface area contributed by atoms with Crippen LogP contribution in [0.15, 0.2) is 24.3 Å². The SMILES string of the molecule is CC=CC=CC(C)(O)CCCC. The van der Waals surface area contributed by atoms with Crippen molar-refractivity contribution in [3.8, 4) is 0 Å². The second-order valence-corrected chi connectivity index (χ2v) is 3.35. The molecule has 70 valence electrons. The minimum Gasteiger partial charge on any atom is -0.386 e. The van der Waals surface area contributed by atoms with E-state index in [1.807, 2.05) is 38.2 Å². The van der Waals surface area contributed by atoms with Gasteiger partial charge < -0.3 is 5.11 Å². The van der Waals surface area contributed by atoms with Gasteiger partial charge in [0.2, 0.25) is 0 Å². The molecule has 1 nitrogen and oxygen atoms in total. The van der Waals surface area contributed by atoms with Gasteiger partial charge in [0.25, 0.3) is 0 Å². The summed E-state index contributed by atoms with van der Waals surface area (Å²) in [6.07, 6.45) is 10.7. The van der Waals surface area contributed by atoms with Crippen molar-refractivity contribution in [2.75, 3.05) is 0 Å². The van der Waals surface area contributed by atoms with Gasteiger partial charge in [0.15, 0.2) is 0 Å². The number of hydrogen-bond donors (Lipinski definition) is 1. The first-order valence-corrected chi connectivity index (χ1v) is 4.65. The van der Waals surface area contributed by atoms with Gasteiger partial charge in [-0.3, -0.25) is 0 Å². The quantitative estimate of drug-likeness (QED) is 0.625. The fraction of sp³-hybridized carbons (Fsp3) is 0.636. The molecule has 0 rings (SSSR count). The highest BCUT2D eigenvalue weighted by Gasteiger charge is 2.13. The summed E-state index contributed by atoms with van der Waals surface area (Å²) in [5.41, 5.74) is -0.629. The second-order valence-electron chi connectivity index (χ2n) is 3.35. The highest BCUT2D eigenvalue weighted by molar-refractivity contribution is 5.07. The van der Waals surface area contributed by atoms with E-state index in [1.54, 1.807) is 0 Å². The standard InChI is InChI=1S/C11H20O/c1-4-6-8-10-11(3,12)9-7-5-2/h4,6,8,10,12H,5,7,9H2,1-3H3. The third kappa shape index (κ3) is 6.17. The van der Waals surface area contributed by atoms with Gasteiger partial charge in [0, 0.05) is 0 Å². The summed E-state index contributed by atoms with van der Waals surface area (Å²) in [6, 6.07) is 0. The summed E-state index contributed by atoms with van der Waals surface area (Å²) in [7, 11) is 0. The number of rotatable bonds is 5. The minimum atomic E-state index is -0.629. The molecule has 0 aliphatic carbocycles. The summed E-state index contributed by atoms with van der Waals surface area (Å²) in [4.78, 5) is 0. The maximum Gasteiger partial charge on any atom is 0.0802 e. The molecule has 0 amide bonds. The van der Waals surface area contributed by atoms with Crippen LogP contribution in [0.25, 0.3) is 0 Å². The lowest BCUT2D eigenvalue weighted by molar-refractivity contribution is 0.0991. The highest BCUT2D eigenvalue weighted by atomic mass is 16.3. The molecule has 0 aliphatic heterocycles. The van der Waals surface area contributed by atoms with Crippen LogP contribution >= 0.6 is 0 Å². The minimum absolute atomic E-state index is 0.629. The smallest absolute Gasteiger partial charge is 0.0802 e. The van der Waals surface area contributed by atoms with E-state index in [0.29, 0.717) is 0 Å². The van der Waals surface area contributed by atoms with Crippen LogP contribution in [0.4, 0.5) is 0 Å². The molecule has 0 radical (unpaired) electrons. The maximum atomic E-state index is 9.75. The predicted octanol–water partition coefficient (Wildman–Crippen LogP) is 3.06. The van der Waals surface area contributed by atoms with Gasteiger partial charge in [-0.1, -0.05) is 44.1 Å². The molecule has 0 aromatic carbocycles. The Bertz CT molecular complexity index is 154. The lowest BCUT2D eigenvalue weighted by Gasteiger charge is -2.17. The van der Waals surface area contributed by atoms with Crippen molar-refractivity contribution < 1.29 is 5.11 Å². The molecule has 0 aromatic heterocycles. The van der Waals surface area contributed by atoms with Crippen LogP contribution in [0.3, 0.4) is 0 Å². The molecule has 0 heterocycles. The van der Waals surface area contributed by atoms with Crippen molar-refractivity contribution in [1.82, 2.24) is 0 Å². The largest absolute Gasteiger partial charge is 0.386 e. The van der Waals surface area contributed by atoms with Crippen molar-refractivity contribution in [2.45, 2.75) is 45.6 Å². The van der Waals surface area contributed by atoms with E-state index in [-0.39, 0.29) is 0 Å². The van der Waals surface area contributed by atoms with Gasteiger partial charge in [-0.2, -0.15) is 0 Å². The van der Waals surface area contributed by atoms with E-state index in [0.717, 1.165) is 19.3 Å². The molecule has 0 bridgehead atoms. The van der Waals surface area contributed by atoms with Crippen LogP contribution in [0, 0.1) is 0 Å². The Morgan fingerprint density at radius 2 is 2.00 bits per heavy atom. The van der Waals surface area contributed by atoms with Gasteiger partial charge in [-0.15, -0.1) is 0 Å². The summed E-state index contributed by atoms with van der Waals surface area (Å²) in [5, 5.41) is 9.75. The maximum absolute atomic E-state index is 9.75. The van der Waals surface area contributed by atoms with E-state index in [9.17, 15) is 5.11 Å².